The van der Waals surface area contributed by atoms with Crippen LogP contribution in [-0.2, 0) is 27.5 Å². The molecule has 11 heteroatoms. The van der Waals surface area contributed by atoms with Crippen LogP contribution in [0.5, 0.6) is 0 Å². The third-order valence-corrected chi connectivity index (χ3v) is 6.80. The van der Waals surface area contributed by atoms with Crippen LogP contribution in [0.25, 0.3) is 0 Å². The van der Waals surface area contributed by atoms with Gasteiger partial charge in [-0.05, 0) is 48.9 Å². The van der Waals surface area contributed by atoms with E-state index in [2.05, 4.69) is 5.32 Å². The number of benzene rings is 2. The summed E-state index contributed by atoms with van der Waals surface area (Å²) in [5.41, 5.74) is 0.0509. The van der Waals surface area contributed by atoms with Crippen LogP contribution in [0.3, 0.4) is 0 Å². The number of para-hydroxylation sites is 1. The topological polar surface area (TPSA) is 79.6 Å². The summed E-state index contributed by atoms with van der Waals surface area (Å²) >= 11 is 5.95. The van der Waals surface area contributed by atoms with E-state index in [0.717, 1.165) is 11.6 Å². The molecule has 3 rings (SSSR count). The number of aryl methyl sites for hydroxylation is 1. The van der Waals surface area contributed by atoms with Crippen molar-refractivity contribution in [2.24, 2.45) is 0 Å². The van der Waals surface area contributed by atoms with Gasteiger partial charge >= 0.3 is 6.18 Å². The number of furan rings is 1. The van der Waals surface area contributed by atoms with Crippen LogP contribution in [0.4, 0.5) is 18.9 Å². The zero-order chi connectivity index (χ0) is 23.5. The van der Waals surface area contributed by atoms with Crippen molar-refractivity contribution in [2.45, 2.75) is 24.5 Å². The van der Waals surface area contributed by atoms with Crippen LogP contribution in [0.15, 0.2) is 70.2 Å². The average Bonchev–Trinajstić information content (AvgIpc) is 3.22. The van der Waals surface area contributed by atoms with Crippen LogP contribution in [0, 0.1) is 6.92 Å². The Labute approximate surface area is 187 Å². The lowest BCUT2D eigenvalue weighted by Crippen LogP contribution is -2.37. The first-order chi connectivity index (χ1) is 15.0. The van der Waals surface area contributed by atoms with Gasteiger partial charge in [0.2, 0.25) is 15.9 Å². The van der Waals surface area contributed by atoms with Crippen LogP contribution >= 0.6 is 11.6 Å². The zero-order valence-electron chi connectivity index (χ0n) is 16.7. The minimum atomic E-state index is -4.77. The molecule has 2 aromatic carbocycles. The Morgan fingerprint density at radius 3 is 2.47 bits per heavy atom. The molecule has 0 saturated carbocycles. The molecule has 0 fully saturated rings. The number of sulfonamides is 1. The van der Waals surface area contributed by atoms with E-state index >= 15 is 0 Å². The molecule has 170 valence electrons. The third-order valence-electron chi connectivity index (χ3n) is 4.53. The fourth-order valence-electron chi connectivity index (χ4n) is 2.88. The lowest BCUT2D eigenvalue weighted by molar-refractivity contribution is -0.137. The summed E-state index contributed by atoms with van der Waals surface area (Å²) in [4.78, 5) is 11.9. The fraction of sp³-hybridized carbons (Fsp3) is 0.190. The van der Waals surface area contributed by atoms with Gasteiger partial charge in [-0.3, -0.25) is 4.79 Å². The maximum absolute atomic E-state index is 13.3. The number of amides is 1. The standard InChI is InChI=1S/C21H18ClF3N2O4S/c1-14-5-2-3-7-18(14)26-20(28)13-27(12-16-6-4-10-31-16)32(29,30)19-11-15(21(23,24)25)8-9-17(19)22/h2-11H,12-13H2,1H3,(H,26,28). The first-order valence-electron chi connectivity index (χ1n) is 9.23. The molecule has 0 radical (unpaired) electrons. The van der Waals surface area contributed by atoms with E-state index in [1.165, 1.54) is 18.4 Å². The van der Waals surface area contributed by atoms with Gasteiger partial charge in [-0.25, -0.2) is 8.42 Å². The summed E-state index contributed by atoms with van der Waals surface area (Å²) in [7, 11) is -4.61. The molecular formula is C21H18ClF3N2O4S. The number of anilines is 1. The van der Waals surface area contributed by atoms with Crippen molar-refractivity contribution in [1.29, 1.82) is 0 Å². The molecule has 0 saturated heterocycles. The molecule has 1 amide bonds. The number of hydrogen-bond acceptors (Lipinski definition) is 4. The smallest absolute Gasteiger partial charge is 0.416 e. The molecule has 0 aliphatic rings. The Balaban J connectivity index is 1.96. The van der Waals surface area contributed by atoms with Gasteiger partial charge in [0.05, 0.1) is 29.9 Å². The predicted molar refractivity (Wildman–Crippen MR) is 113 cm³/mol. The number of halogens is 4. The molecule has 32 heavy (non-hydrogen) atoms. The number of nitrogens with one attached hydrogen (secondary N) is 1. The molecule has 6 nitrogen and oxygen atoms in total. The van der Waals surface area contributed by atoms with Crippen molar-refractivity contribution in [3.63, 3.8) is 0 Å². The summed E-state index contributed by atoms with van der Waals surface area (Å²) < 4.78 is 71.9. The SMILES string of the molecule is Cc1ccccc1NC(=O)CN(Cc1ccco1)S(=O)(=O)c1cc(C(F)(F)F)ccc1Cl. The van der Waals surface area contributed by atoms with Crippen molar-refractivity contribution >= 4 is 33.2 Å². The van der Waals surface area contributed by atoms with Crippen molar-refractivity contribution < 1.29 is 30.8 Å². The summed E-state index contributed by atoms with van der Waals surface area (Å²) in [6.07, 6.45) is -3.46. The first-order valence-corrected chi connectivity index (χ1v) is 11.0. The van der Waals surface area contributed by atoms with Crippen molar-refractivity contribution in [2.75, 3.05) is 11.9 Å². The monoisotopic (exact) mass is 486 g/mol. The van der Waals surface area contributed by atoms with Gasteiger partial charge in [0.1, 0.15) is 10.7 Å². The minimum absolute atomic E-state index is 0.195. The van der Waals surface area contributed by atoms with Gasteiger partial charge in [0.25, 0.3) is 0 Å². The lowest BCUT2D eigenvalue weighted by atomic mass is 10.2. The number of nitrogens with zero attached hydrogens (tertiary/aromatic N) is 1. The molecule has 0 aliphatic heterocycles. The number of carbonyl (C=O) groups excluding carboxylic acids is 1. The van der Waals surface area contributed by atoms with E-state index in [1.807, 2.05) is 0 Å². The number of hydrogen-bond donors (Lipinski definition) is 1. The van der Waals surface area contributed by atoms with Gasteiger partial charge in [0, 0.05) is 5.69 Å². The predicted octanol–water partition coefficient (Wildman–Crippen LogP) is 5.09. The normalized spacial score (nSPS) is 12.2. The van der Waals surface area contributed by atoms with Crippen LogP contribution in [0.1, 0.15) is 16.9 Å². The number of carbonyl (C=O) groups is 1. The Kier molecular flexibility index (Phi) is 6.97. The van der Waals surface area contributed by atoms with Gasteiger partial charge < -0.3 is 9.73 Å². The largest absolute Gasteiger partial charge is 0.468 e. The molecule has 3 aromatic rings. The molecule has 0 atom stereocenters. The maximum atomic E-state index is 13.3. The molecule has 1 N–H and O–H groups in total. The summed E-state index contributed by atoms with van der Waals surface area (Å²) in [6, 6.07) is 11.9. The lowest BCUT2D eigenvalue weighted by Gasteiger charge is -2.22. The van der Waals surface area contributed by atoms with Crippen LogP contribution in [-0.4, -0.2) is 25.2 Å². The van der Waals surface area contributed by atoms with E-state index in [9.17, 15) is 26.4 Å². The van der Waals surface area contributed by atoms with Crippen molar-refractivity contribution in [1.82, 2.24) is 4.31 Å². The van der Waals surface area contributed by atoms with E-state index < -0.39 is 44.1 Å². The summed E-state index contributed by atoms with van der Waals surface area (Å²) in [5.74, 6) is -0.488. The second-order valence-electron chi connectivity index (χ2n) is 6.86. The quantitative estimate of drug-likeness (QED) is 0.504. The van der Waals surface area contributed by atoms with Crippen LogP contribution in [0.2, 0.25) is 5.02 Å². The average molecular weight is 487 g/mol. The van der Waals surface area contributed by atoms with E-state index in [0.29, 0.717) is 22.1 Å². The molecular weight excluding hydrogens is 469 g/mol. The van der Waals surface area contributed by atoms with Crippen molar-refractivity contribution in [3.8, 4) is 0 Å². The minimum Gasteiger partial charge on any atom is -0.468 e. The molecule has 0 aliphatic carbocycles. The van der Waals surface area contributed by atoms with Gasteiger partial charge in [-0.1, -0.05) is 29.8 Å². The fourth-order valence-corrected chi connectivity index (χ4v) is 4.74. The third kappa shape index (κ3) is 5.50. The molecule has 0 unspecified atom stereocenters. The first kappa shape index (κ1) is 23.8. The van der Waals surface area contributed by atoms with E-state index in [4.69, 9.17) is 16.0 Å². The highest BCUT2D eigenvalue weighted by Gasteiger charge is 2.35. The second kappa shape index (κ2) is 9.35. The highest BCUT2D eigenvalue weighted by molar-refractivity contribution is 7.89. The van der Waals surface area contributed by atoms with Crippen LogP contribution < -0.4 is 5.32 Å². The number of rotatable bonds is 7. The Morgan fingerprint density at radius 1 is 1.12 bits per heavy atom. The van der Waals surface area contributed by atoms with E-state index in [-0.39, 0.29) is 12.3 Å². The molecule has 1 aromatic heterocycles. The highest BCUT2D eigenvalue weighted by atomic mass is 35.5. The summed E-state index contributed by atoms with van der Waals surface area (Å²) in [6.45, 7) is 0.697. The van der Waals surface area contributed by atoms with Gasteiger partial charge in [-0.2, -0.15) is 17.5 Å². The molecule has 1 heterocycles. The highest BCUT2D eigenvalue weighted by Crippen LogP contribution is 2.34. The second-order valence-corrected chi connectivity index (χ2v) is 9.17. The van der Waals surface area contributed by atoms with Gasteiger partial charge in [-0.15, -0.1) is 0 Å². The van der Waals surface area contributed by atoms with E-state index in [1.54, 1.807) is 31.2 Å². The Bertz CT molecular complexity index is 1210. The van der Waals surface area contributed by atoms with Crippen molar-refractivity contribution in [3.05, 3.63) is 82.8 Å². The Morgan fingerprint density at radius 2 is 1.84 bits per heavy atom. The zero-order valence-corrected chi connectivity index (χ0v) is 18.3. The number of alkyl halides is 3. The molecule has 0 spiro atoms. The van der Waals surface area contributed by atoms with Gasteiger partial charge in [0.15, 0.2) is 0 Å². The summed E-state index contributed by atoms with van der Waals surface area (Å²) in [5, 5.41) is 2.20. The Hall–Kier alpha value is -2.82. The maximum Gasteiger partial charge on any atom is 0.416 e. The molecule has 0 bridgehead atoms.